The van der Waals surface area contributed by atoms with E-state index in [1.165, 1.54) is 0 Å². The Morgan fingerprint density at radius 1 is 0.882 bits per heavy atom. The van der Waals surface area contributed by atoms with Gasteiger partial charge < -0.3 is 37.0 Å². The highest BCUT2D eigenvalue weighted by atomic mass is 16.4. The monoisotopic (exact) mass is 480 g/mol. The zero-order valence-electron chi connectivity index (χ0n) is 19.1. The minimum absolute atomic E-state index is 0.0577. The number of aliphatic hydroxyl groups excluding tert-OH is 1. The highest BCUT2D eigenvalue weighted by Crippen LogP contribution is 2.08. The van der Waals surface area contributed by atoms with E-state index in [1.54, 1.807) is 37.3 Å². The van der Waals surface area contributed by atoms with E-state index in [1.807, 2.05) is 12.2 Å². The second-order valence-electron chi connectivity index (χ2n) is 7.90. The molecule has 12 nitrogen and oxygen atoms in total. The number of carboxylic acids is 2. The summed E-state index contributed by atoms with van der Waals surface area (Å²) in [5.74, 6) is -5.67. The molecule has 1 rings (SSSR count). The smallest absolute Gasteiger partial charge is 0.326 e. The number of aliphatic carboxylic acids is 2. The minimum atomic E-state index is -1.76. The summed E-state index contributed by atoms with van der Waals surface area (Å²) in [5.41, 5.74) is 6.67. The summed E-state index contributed by atoms with van der Waals surface area (Å²) in [6, 6.07) is 3.37. The molecular weight excluding hydrogens is 448 g/mol. The average Bonchev–Trinajstić information content (AvgIpc) is 2.80. The molecule has 0 heterocycles. The first kappa shape index (κ1) is 28.5. The van der Waals surface area contributed by atoms with Crippen LogP contribution in [0, 0.1) is 5.92 Å². The summed E-state index contributed by atoms with van der Waals surface area (Å²) in [6.45, 7) is 2.76. The number of nitrogens with one attached hydrogen (secondary N) is 3. The van der Waals surface area contributed by atoms with E-state index in [9.17, 15) is 29.1 Å². The summed E-state index contributed by atoms with van der Waals surface area (Å²) in [5, 5.41) is 34.3. The molecule has 0 fully saturated rings. The lowest BCUT2D eigenvalue weighted by Gasteiger charge is -2.25. The Morgan fingerprint density at radius 3 is 1.91 bits per heavy atom. The third-order valence-corrected chi connectivity index (χ3v) is 5.28. The normalized spacial score (nSPS) is 15.2. The number of rotatable bonds is 14. The fraction of sp³-hybridized carbons (Fsp3) is 0.500. The molecule has 5 atom stereocenters. The van der Waals surface area contributed by atoms with E-state index < -0.39 is 66.9 Å². The SMILES string of the molecule is CCC(C)C(N)C(=O)NC(Cc1ccccc1)C(=O)NC(CO)C(=O)NC(CC(=O)O)C(=O)O. The molecule has 188 valence electrons. The van der Waals surface area contributed by atoms with Crippen LogP contribution < -0.4 is 21.7 Å². The van der Waals surface area contributed by atoms with Gasteiger partial charge >= 0.3 is 11.9 Å². The lowest BCUT2D eigenvalue weighted by molar-refractivity contribution is -0.147. The van der Waals surface area contributed by atoms with Crippen LogP contribution in [-0.2, 0) is 30.4 Å². The fourth-order valence-corrected chi connectivity index (χ4v) is 2.95. The van der Waals surface area contributed by atoms with E-state index in [0.717, 1.165) is 0 Å². The molecule has 0 saturated carbocycles. The van der Waals surface area contributed by atoms with Crippen LogP contribution in [0.3, 0.4) is 0 Å². The van der Waals surface area contributed by atoms with Crippen molar-refractivity contribution >= 4 is 29.7 Å². The van der Waals surface area contributed by atoms with Gasteiger partial charge in [0.25, 0.3) is 0 Å². The lowest BCUT2D eigenvalue weighted by Crippen LogP contribution is -2.59. The van der Waals surface area contributed by atoms with Gasteiger partial charge in [-0.15, -0.1) is 0 Å². The third kappa shape index (κ3) is 9.16. The van der Waals surface area contributed by atoms with Crippen LogP contribution in [0.25, 0.3) is 0 Å². The molecule has 0 aliphatic carbocycles. The van der Waals surface area contributed by atoms with Crippen molar-refractivity contribution in [1.82, 2.24) is 16.0 Å². The molecule has 0 radical (unpaired) electrons. The van der Waals surface area contributed by atoms with Crippen molar-refractivity contribution in [2.75, 3.05) is 6.61 Å². The number of hydrogen-bond acceptors (Lipinski definition) is 7. The van der Waals surface area contributed by atoms with E-state index in [2.05, 4.69) is 10.6 Å². The van der Waals surface area contributed by atoms with Crippen LogP contribution in [0.5, 0.6) is 0 Å². The molecule has 0 spiro atoms. The molecule has 12 heteroatoms. The van der Waals surface area contributed by atoms with Crippen molar-refractivity contribution in [2.24, 2.45) is 11.7 Å². The molecule has 1 aromatic carbocycles. The Bertz CT molecular complexity index is 864. The molecule has 8 N–H and O–H groups in total. The quantitative estimate of drug-likeness (QED) is 0.167. The summed E-state index contributed by atoms with van der Waals surface area (Å²) in [4.78, 5) is 60.0. The zero-order valence-corrected chi connectivity index (χ0v) is 19.1. The molecule has 34 heavy (non-hydrogen) atoms. The predicted octanol–water partition coefficient (Wildman–Crippen LogP) is -1.39. The van der Waals surface area contributed by atoms with E-state index >= 15 is 0 Å². The van der Waals surface area contributed by atoms with Crippen molar-refractivity contribution in [3.05, 3.63) is 35.9 Å². The van der Waals surface area contributed by atoms with Crippen LogP contribution in [-0.4, -0.2) is 75.8 Å². The fourth-order valence-electron chi connectivity index (χ4n) is 2.95. The molecule has 0 aromatic heterocycles. The number of hydrogen-bond donors (Lipinski definition) is 7. The number of amides is 3. The van der Waals surface area contributed by atoms with E-state index in [4.69, 9.17) is 15.9 Å². The highest BCUT2D eigenvalue weighted by Gasteiger charge is 2.31. The van der Waals surface area contributed by atoms with Crippen molar-refractivity contribution in [2.45, 2.75) is 57.3 Å². The molecule has 3 amide bonds. The van der Waals surface area contributed by atoms with Gasteiger partial charge in [0.15, 0.2) is 0 Å². The van der Waals surface area contributed by atoms with Crippen molar-refractivity contribution in [1.29, 1.82) is 0 Å². The Labute approximate surface area is 196 Å². The topological polar surface area (TPSA) is 208 Å². The first-order valence-electron chi connectivity index (χ1n) is 10.8. The molecule has 0 aliphatic heterocycles. The van der Waals surface area contributed by atoms with Crippen LogP contribution in [0.1, 0.15) is 32.3 Å². The minimum Gasteiger partial charge on any atom is -0.481 e. The molecule has 0 bridgehead atoms. The van der Waals surface area contributed by atoms with Gasteiger partial charge in [-0.2, -0.15) is 0 Å². The number of benzene rings is 1. The maximum absolute atomic E-state index is 12.9. The van der Waals surface area contributed by atoms with Crippen molar-refractivity contribution in [3.63, 3.8) is 0 Å². The second kappa shape index (κ2) is 13.9. The first-order chi connectivity index (χ1) is 16.0. The number of nitrogens with two attached hydrogens (primary N) is 1. The molecular formula is C22H32N4O8. The number of carboxylic acid groups (broad SMARTS) is 2. The summed E-state index contributed by atoms with van der Waals surface area (Å²) >= 11 is 0. The predicted molar refractivity (Wildman–Crippen MR) is 120 cm³/mol. The summed E-state index contributed by atoms with van der Waals surface area (Å²) in [7, 11) is 0. The largest absolute Gasteiger partial charge is 0.481 e. The van der Waals surface area contributed by atoms with Gasteiger partial charge in [-0.05, 0) is 11.5 Å². The Kier molecular flexibility index (Phi) is 11.7. The van der Waals surface area contributed by atoms with Gasteiger partial charge in [0.2, 0.25) is 17.7 Å². The van der Waals surface area contributed by atoms with Crippen molar-refractivity contribution < 1.29 is 39.3 Å². The Morgan fingerprint density at radius 2 is 1.41 bits per heavy atom. The summed E-state index contributed by atoms with van der Waals surface area (Å²) in [6.07, 6.45) is -0.201. The van der Waals surface area contributed by atoms with Crippen LogP contribution in [0.4, 0.5) is 0 Å². The average molecular weight is 481 g/mol. The Hall–Kier alpha value is -3.51. The lowest BCUT2D eigenvalue weighted by atomic mass is 9.98. The standard InChI is InChI=1S/C22H32N4O8/c1-3-12(2)18(23)21(32)24-14(9-13-7-5-4-6-8-13)19(30)26-16(11-27)20(31)25-15(22(33)34)10-17(28)29/h4-8,12,14-16,18,27H,3,9-11,23H2,1-2H3,(H,24,32)(H,25,31)(H,26,30)(H,28,29)(H,33,34). The van der Waals surface area contributed by atoms with Crippen LogP contribution in [0.15, 0.2) is 30.3 Å². The summed E-state index contributed by atoms with van der Waals surface area (Å²) < 4.78 is 0. The van der Waals surface area contributed by atoms with E-state index in [0.29, 0.717) is 12.0 Å². The van der Waals surface area contributed by atoms with E-state index in [-0.39, 0.29) is 12.3 Å². The maximum Gasteiger partial charge on any atom is 0.326 e. The van der Waals surface area contributed by atoms with Gasteiger partial charge in [-0.3, -0.25) is 19.2 Å². The number of carbonyl (C=O) groups is 5. The van der Waals surface area contributed by atoms with Crippen molar-refractivity contribution in [3.8, 4) is 0 Å². The van der Waals surface area contributed by atoms with Crippen LogP contribution >= 0.6 is 0 Å². The van der Waals surface area contributed by atoms with Crippen LogP contribution in [0.2, 0.25) is 0 Å². The van der Waals surface area contributed by atoms with Gasteiger partial charge in [0.05, 0.1) is 19.1 Å². The van der Waals surface area contributed by atoms with Gasteiger partial charge in [0.1, 0.15) is 18.1 Å². The van der Waals surface area contributed by atoms with Gasteiger partial charge in [-0.25, -0.2) is 4.79 Å². The first-order valence-corrected chi connectivity index (χ1v) is 10.8. The highest BCUT2D eigenvalue weighted by molar-refractivity contribution is 5.94. The van der Waals surface area contributed by atoms with Gasteiger partial charge in [-0.1, -0.05) is 50.6 Å². The zero-order chi connectivity index (χ0) is 25.8. The number of aliphatic hydroxyl groups is 1. The Balaban J connectivity index is 3.01. The molecule has 5 unspecified atom stereocenters. The maximum atomic E-state index is 12.9. The third-order valence-electron chi connectivity index (χ3n) is 5.28. The number of carbonyl (C=O) groups excluding carboxylic acids is 3. The molecule has 0 saturated heterocycles. The molecule has 0 aliphatic rings. The molecule has 1 aromatic rings. The van der Waals surface area contributed by atoms with Gasteiger partial charge in [0, 0.05) is 6.42 Å². The second-order valence-corrected chi connectivity index (χ2v) is 7.90.